The Labute approximate surface area is 128 Å². The Morgan fingerprint density at radius 3 is 2.05 bits per heavy atom. The summed E-state index contributed by atoms with van der Waals surface area (Å²) in [6.07, 6.45) is 0. The lowest BCUT2D eigenvalue weighted by Gasteiger charge is -2.24. The first kappa shape index (κ1) is 16.4. The lowest BCUT2D eigenvalue weighted by atomic mass is 10.1. The summed E-state index contributed by atoms with van der Waals surface area (Å²) in [4.78, 5) is 12.0. The van der Waals surface area contributed by atoms with Crippen LogP contribution in [0.5, 0.6) is 0 Å². The second-order valence-electron chi connectivity index (χ2n) is 5.35. The van der Waals surface area contributed by atoms with Crippen LogP contribution in [0.4, 0.5) is 5.69 Å². The Morgan fingerprint density at radius 1 is 1.16 bits per heavy atom. The average molecular weight is 324 g/mol. The van der Waals surface area contributed by atoms with E-state index in [1.807, 2.05) is 20.8 Å². The van der Waals surface area contributed by atoms with E-state index >= 15 is 0 Å². The maximum atomic E-state index is 12.0. The van der Waals surface area contributed by atoms with Gasteiger partial charge in [-0.25, -0.2) is 0 Å². The van der Waals surface area contributed by atoms with E-state index in [9.17, 15) is 4.79 Å². The minimum atomic E-state index is -0.463. The largest absolute Gasteiger partial charge is 0.371 e. The first-order valence-electron chi connectivity index (χ1n) is 5.83. The van der Waals surface area contributed by atoms with Gasteiger partial charge in [0.25, 0.3) is 0 Å². The van der Waals surface area contributed by atoms with Gasteiger partial charge in [-0.15, -0.1) is 0 Å². The molecule has 1 aromatic carbocycles. The molecule has 1 rings (SSSR count). The standard InChI is InChI=1S/C13H17Cl3N2O/c1-7(12(19)18-13(2,3)4)17-11-9(15)5-8(14)6-10(11)16/h5-7,17H,1-4H3,(H,18,19). The van der Waals surface area contributed by atoms with Crippen LogP contribution in [-0.2, 0) is 4.79 Å². The molecule has 3 nitrogen and oxygen atoms in total. The molecule has 0 saturated carbocycles. The fraction of sp³-hybridized carbons (Fsp3) is 0.462. The highest BCUT2D eigenvalue weighted by atomic mass is 35.5. The molecular formula is C13H17Cl3N2O. The number of hydrogen-bond acceptors (Lipinski definition) is 2. The van der Waals surface area contributed by atoms with Crippen molar-refractivity contribution >= 4 is 46.4 Å². The van der Waals surface area contributed by atoms with Crippen molar-refractivity contribution in [2.45, 2.75) is 39.3 Å². The van der Waals surface area contributed by atoms with Gasteiger partial charge in [-0.3, -0.25) is 4.79 Å². The normalized spacial score (nSPS) is 13.0. The Hall–Kier alpha value is -0.640. The molecule has 0 bridgehead atoms. The number of nitrogens with one attached hydrogen (secondary N) is 2. The molecule has 0 aliphatic carbocycles. The van der Waals surface area contributed by atoms with Gasteiger partial charge in [-0.1, -0.05) is 34.8 Å². The minimum absolute atomic E-state index is 0.130. The van der Waals surface area contributed by atoms with Crippen molar-refractivity contribution in [3.63, 3.8) is 0 Å². The summed E-state index contributed by atoms with van der Waals surface area (Å²) in [7, 11) is 0. The molecule has 106 valence electrons. The molecule has 1 atom stereocenters. The molecule has 1 aromatic rings. The first-order chi connectivity index (χ1) is 8.60. The number of amides is 1. The zero-order valence-electron chi connectivity index (χ0n) is 11.3. The molecule has 0 fully saturated rings. The molecule has 1 amide bonds. The molecule has 0 aromatic heterocycles. The van der Waals surface area contributed by atoms with Crippen LogP contribution in [0, 0.1) is 0 Å². The third-order valence-electron chi connectivity index (χ3n) is 2.26. The van der Waals surface area contributed by atoms with Gasteiger partial charge in [0.2, 0.25) is 5.91 Å². The van der Waals surface area contributed by atoms with E-state index in [-0.39, 0.29) is 11.4 Å². The Kier molecular flexibility index (Phi) is 5.36. The van der Waals surface area contributed by atoms with E-state index in [2.05, 4.69) is 10.6 Å². The van der Waals surface area contributed by atoms with Gasteiger partial charge >= 0.3 is 0 Å². The minimum Gasteiger partial charge on any atom is -0.371 e. The second-order valence-corrected chi connectivity index (χ2v) is 6.60. The maximum Gasteiger partial charge on any atom is 0.242 e. The average Bonchev–Trinajstić information content (AvgIpc) is 2.20. The topological polar surface area (TPSA) is 41.1 Å². The van der Waals surface area contributed by atoms with E-state index in [1.54, 1.807) is 19.1 Å². The summed E-state index contributed by atoms with van der Waals surface area (Å²) in [6, 6.07) is 2.69. The van der Waals surface area contributed by atoms with Gasteiger partial charge in [0.05, 0.1) is 15.7 Å². The van der Waals surface area contributed by atoms with Crippen LogP contribution in [0.1, 0.15) is 27.7 Å². The van der Waals surface area contributed by atoms with Crippen LogP contribution in [0.3, 0.4) is 0 Å². The third-order valence-corrected chi connectivity index (χ3v) is 3.07. The van der Waals surface area contributed by atoms with E-state index in [0.717, 1.165) is 0 Å². The number of benzene rings is 1. The maximum absolute atomic E-state index is 12.0. The lowest BCUT2D eigenvalue weighted by molar-refractivity contribution is -0.122. The fourth-order valence-corrected chi connectivity index (χ4v) is 2.37. The van der Waals surface area contributed by atoms with Gasteiger partial charge in [-0.2, -0.15) is 0 Å². The van der Waals surface area contributed by atoms with E-state index in [1.165, 1.54) is 0 Å². The molecule has 0 radical (unpaired) electrons. The summed E-state index contributed by atoms with van der Waals surface area (Å²) < 4.78 is 0. The monoisotopic (exact) mass is 322 g/mol. The van der Waals surface area contributed by atoms with Gasteiger partial charge in [0.1, 0.15) is 6.04 Å². The van der Waals surface area contributed by atoms with Crippen molar-refractivity contribution in [2.75, 3.05) is 5.32 Å². The van der Waals surface area contributed by atoms with Gasteiger partial charge in [0, 0.05) is 10.6 Å². The van der Waals surface area contributed by atoms with Crippen molar-refractivity contribution in [1.29, 1.82) is 0 Å². The zero-order valence-corrected chi connectivity index (χ0v) is 13.5. The van der Waals surface area contributed by atoms with Crippen LogP contribution in [0.25, 0.3) is 0 Å². The fourth-order valence-electron chi connectivity index (χ4n) is 1.44. The molecule has 0 aliphatic heterocycles. The Bertz CT molecular complexity index is 460. The highest BCUT2D eigenvalue weighted by molar-refractivity contribution is 6.41. The smallest absolute Gasteiger partial charge is 0.242 e. The highest BCUT2D eigenvalue weighted by Gasteiger charge is 2.20. The first-order valence-corrected chi connectivity index (χ1v) is 6.96. The van der Waals surface area contributed by atoms with Gasteiger partial charge < -0.3 is 10.6 Å². The lowest BCUT2D eigenvalue weighted by Crippen LogP contribution is -2.47. The van der Waals surface area contributed by atoms with Crippen LogP contribution < -0.4 is 10.6 Å². The summed E-state index contributed by atoms with van der Waals surface area (Å²) in [5.41, 5.74) is 0.213. The molecule has 0 aliphatic rings. The second kappa shape index (κ2) is 6.21. The molecule has 2 N–H and O–H groups in total. The number of anilines is 1. The molecule has 0 saturated heterocycles. The Balaban J connectivity index is 2.83. The van der Waals surface area contributed by atoms with Gasteiger partial charge in [0.15, 0.2) is 0 Å². The van der Waals surface area contributed by atoms with Gasteiger partial charge in [-0.05, 0) is 39.8 Å². The zero-order chi connectivity index (χ0) is 14.8. The molecular weight excluding hydrogens is 307 g/mol. The quantitative estimate of drug-likeness (QED) is 0.867. The number of hydrogen-bond donors (Lipinski definition) is 2. The molecule has 1 unspecified atom stereocenters. The van der Waals surface area contributed by atoms with Crippen molar-refractivity contribution in [3.05, 3.63) is 27.2 Å². The van der Waals surface area contributed by atoms with Crippen LogP contribution in [0.2, 0.25) is 15.1 Å². The van der Waals surface area contributed by atoms with E-state index in [4.69, 9.17) is 34.8 Å². The highest BCUT2D eigenvalue weighted by Crippen LogP contribution is 2.34. The van der Waals surface area contributed by atoms with Crippen molar-refractivity contribution in [2.24, 2.45) is 0 Å². The summed E-state index contributed by atoms with van der Waals surface area (Å²) in [6.45, 7) is 7.49. The number of halogens is 3. The molecule has 19 heavy (non-hydrogen) atoms. The predicted molar refractivity (Wildman–Crippen MR) is 82.5 cm³/mol. The molecule has 0 heterocycles. The number of carbonyl (C=O) groups is 1. The predicted octanol–water partition coefficient (Wildman–Crippen LogP) is 4.36. The van der Waals surface area contributed by atoms with Crippen LogP contribution in [-0.4, -0.2) is 17.5 Å². The Morgan fingerprint density at radius 2 is 1.63 bits per heavy atom. The summed E-state index contributed by atoms with van der Waals surface area (Å²) >= 11 is 17.9. The van der Waals surface area contributed by atoms with Crippen LogP contribution >= 0.6 is 34.8 Å². The van der Waals surface area contributed by atoms with E-state index in [0.29, 0.717) is 20.8 Å². The summed E-state index contributed by atoms with van der Waals surface area (Å²) in [5, 5.41) is 7.09. The number of rotatable bonds is 3. The third kappa shape index (κ3) is 5.09. The van der Waals surface area contributed by atoms with Crippen LogP contribution in [0.15, 0.2) is 12.1 Å². The summed E-state index contributed by atoms with van der Waals surface area (Å²) in [5.74, 6) is -0.130. The van der Waals surface area contributed by atoms with Crippen molar-refractivity contribution < 1.29 is 4.79 Å². The molecule has 0 spiro atoms. The number of carbonyl (C=O) groups excluding carboxylic acids is 1. The van der Waals surface area contributed by atoms with Crippen molar-refractivity contribution in [1.82, 2.24) is 5.32 Å². The molecule has 6 heteroatoms. The SMILES string of the molecule is CC(Nc1c(Cl)cc(Cl)cc1Cl)C(=O)NC(C)(C)C. The van der Waals surface area contributed by atoms with Crippen molar-refractivity contribution in [3.8, 4) is 0 Å². The van der Waals surface area contributed by atoms with E-state index < -0.39 is 6.04 Å².